The molecule has 0 spiro atoms. The normalized spacial score (nSPS) is 18.0. The minimum Gasteiger partial charge on any atom is -0.394 e. The van der Waals surface area contributed by atoms with Crippen molar-refractivity contribution >= 4 is 23.7 Å². The summed E-state index contributed by atoms with van der Waals surface area (Å²) >= 11 is 0. The van der Waals surface area contributed by atoms with Gasteiger partial charge in [0.1, 0.15) is 17.5 Å². The number of nitrogens with two attached hydrogens (primary N) is 3. The molecule has 0 aliphatic carbocycles. The van der Waals surface area contributed by atoms with Gasteiger partial charge in [-0.15, -0.1) is 0 Å². The molecule has 9 N–H and O–H groups in total. The van der Waals surface area contributed by atoms with Gasteiger partial charge in [-0.1, -0.05) is 12.1 Å². The molecule has 15 nitrogen and oxygen atoms in total. The summed E-state index contributed by atoms with van der Waals surface area (Å²) in [4.78, 5) is 59.0. The first-order valence-electron chi connectivity index (χ1n) is 13.9. The lowest BCUT2D eigenvalue weighted by atomic mass is 10.0. The highest BCUT2D eigenvalue weighted by Crippen LogP contribution is 2.16. The van der Waals surface area contributed by atoms with Crippen LogP contribution >= 0.6 is 0 Å². The average molecular weight is 585 g/mol. The predicted octanol–water partition coefficient (Wildman–Crippen LogP) is -2.06. The number of carbonyl (C=O) groups is 3. The van der Waals surface area contributed by atoms with Gasteiger partial charge in [0, 0.05) is 58.1 Å². The smallest absolute Gasteiger partial charge is 0.354 e. The summed E-state index contributed by atoms with van der Waals surface area (Å²) in [6.45, 7) is 4.51. The van der Waals surface area contributed by atoms with E-state index in [0.29, 0.717) is 5.69 Å². The fourth-order valence-corrected chi connectivity index (χ4v) is 4.95. The van der Waals surface area contributed by atoms with E-state index in [2.05, 4.69) is 20.5 Å². The summed E-state index contributed by atoms with van der Waals surface area (Å²) in [5, 5.41) is 14.8. The molecule has 2 aliphatic rings. The topological polar surface area (TPSA) is 218 Å². The Kier molecular flexibility index (Phi) is 9.90. The van der Waals surface area contributed by atoms with E-state index in [1.165, 1.54) is 21.3 Å². The molecule has 0 bridgehead atoms. The van der Waals surface area contributed by atoms with Crippen LogP contribution in [0.4, 0.5) is 10.6 Å². The number of aromatic nitrogens is 2. The number of aliphatic hydroxyl groups excluding tert-OH is 1. The van der Waals surface area contributed by atoms with Crippen LogP contribution in [0.3, 0.4) is 0 Å². The maximum atomic E-state index is 12.7. The van der Waals surface area contributed by atoms with Crippen molar-refractivity contribution in [3.8, 4) is 5.69 Å². The minimum absolute atomic E-state index is 0.0688. The fraction of sp³-hybridized carbons (Fsp3) is 0.519. The number of nitrogens with zero attached hydrogens (tertiary/aromatic N) is 5. The van der Waals surface area contributed by atoms with Gasteiger partial charge in [0.2, 0.25) is 5.91 Å². The molecule has 0 unspecified atom stereocenters. The number of likely N-dealkylation sites (tertiary alicyclic amines) is 1. The molecule has 1 aromatic heterocycles. The molecule has 0 saturated carbocycles. The van der Waals surface area contributed by atoms with E-state index in [-0.39, 0.29) is 49.9 Å². The number of anilines is 1. The van der Waals surface area contributed by atoms with Crippen molar-refractivity contribution in [1.29, 1.82) is 0 Å². The third-order valence-electron chi connectivity index (χ3n) is 7.57. The average Bonchev–Trinajstić information content (AvgIpc) is 2.98. The molecule has 228 valence electrons. The van der Waals surface area contributed by atoms with Crippen molar-refractivity contribution in [2.45, 2.75) is 44.1 Å². The molecule has 4 amide bonds. The molecule has 2 fully saturated rings. The van der Waals surface area contributed by atoms with Crippen molar-refractivity contribution in [1.82, 2.24) is 29.6 Å². The Bertz CT molecular complexity index is 1310. The zero-order valence-electron chi connectivity index (χ0n) is 23.7. The first-order valence-corrected chi connectivity index (χ1v) is 13.9. The Morgan fingerprint density at radius 2 is 1.64 bits per heavy atom. The third kappa shape index (κ3) is 7.68. The van der Waals surface area contributed by atoms with Crippen LogP contribution in [0.1, 0.15) is 25.3 Å². The Balaban J connectivity index is 1.27. The Morgan fingerprint density at radius 3 is 2.21 bits per heavy atom. The number of nitrogens with one attached hydrogen (secondary N) is 2. The number of piperidine rings is 1. The van der Waals surface area contributed by atoms with Crippen LogP contribution < -0.4 is 33.5 Å². The number of hydrogen-bond acceptors (Lipinski definition) is 10. The molecule has 2 saturated heterocycles. The minimum atomic E-state index is -1.36. The monoisotopic (exact) mass is 584 g/mol. The van der Waals surface area contributed by atoms with Crippen molar-refractivity contribution in [2.75, 3.05) is 51.2 Å². The first kappa shape index (κ1) is 31.1. The standard InChI is InChI=1S/C27H40N10O5/c1-27(30,17-38)24(40)35-12-14-36(15-13-35)25(41)32-21-8-11-37(26(42)33-21)20-4-2-18(3-5-20)16-34-9-6-19(7-10-34)31-23(39)22(28)29/h2-5,8,11,19,22,38H,6-7,9-10,12-17,28-30H2,1H3,(H,31,39)(H,32,33,41,42)/t27-/m0/s1. The van der Waals surface area contributed by atoms with E-state index in [9.17, 15) is 24.3 Å². The molecule has 3 heterocycles. The summed E-state index contributed by atoms with van der Waals surface area (Å²) in [5.41, 5.74) is 16.5. The molecule has 1 atom stereocenters. The predicted molar refractivity (Wildman–Crippen MR) is 155 cm³/mol. The SMILES string of the molecule is C[C@](N)(CO)C(=O)N1CCN(C(=O)Nc2ccn(-c3ccc(CN4CCC(NC(=O)C(N)N)CC4)cc3)c(=O)n2)CC1. The molecule has 2 aromatic rings. The maximum Gasteiger partial charge on any atom is 0.354 e. The number of carbonyl (C=O) groups excluding carboxylic acids is 3. The quantitative estimate of drug-likeness (QED) is 0.186. The molecule has 4 rings (SSSR count). The van der Waals surface area contributed by atoms with Gasteiger partial charge >= 0.3 is 11.7 Å². The summed E-state index contributed by atoms with van der Waals surface area (Å²) in [6, 6.07) is 8.79. The van der Waals surface area contributed by atoms with Gasteiger partial charge in [0.25, 0.3) is 5.91 Å². The van der Waals surface area contributed by atoms with E-state index in [1.807, 2.05) is 24.3 Å². The van der Waals surface area contributed by atoms with Crippen molar-refractivity contribution < 1.29 is 19.5 Å². The van der Waals surface area contributed by atoms with Gasteiger partial charge < -0.3 is 37.4 Å². The van der Waals surface area contributed by atoms with Gasteiger partial charge in [-0.25, -0.2) is 9.59 Å². The Morgan fingerprint density at radius 1 is 1.02 bits per heavy atom. The second-order valence-electron chi connectivity index (χ2n) is 11.0. The van der Waals surface area contributed by atoms with Gasteiger partial charge in [-0.05, 0) is 43.5 Å². The van der Waals surface area contributed by atoms with E-state index >= 15 is 0 Å². The number of rotatable bonds is 8. The molecule has 42 heavy (non-hydrogen) atoms. The highest BCUT2D eigenvalue weighted by Gasteiger charge is 2.34. The van der Waals surface area contributed by atoms with Crippen molar-refractivity contribution in [3.63, 3.8) is 0 Å². The molecular formula is C27H40N10O5. The van der Waals surface area contributed by atoms with E-state index in [1.54, 1.807) is 12.3 Å². The molecule has 2 aliphatic heterocycles. The number of benzene rings is 1. The summed E-state index contributed by atoms with van der Waals surface area (Å²) in [7, 11) is 0. The van der Waals surface area contributed by atoms with E-state index < -0.39 is 30.0 Å². The van der Waals surface area contributed by atoms with Crippen LogP contribution in [0.15, 0.2) is 41.3 Å². The number of piperazine rings is 1. The lowest BCUT2D eigenvalue weighted by Crippen LogP contribution is -2.60. The van der Waals surface area contributed by atoms with Gasteiger partial charge in [-0.3, -0.25) is 24.4 Å². The second kappa shape index (κ2) is 13.4. The van der Waals surface area contributed by atoms with Crippen LogP contribution in [0.2, 0.25) is 0 Å². The lowest BCUT2D eigenvalue weighted by molar-refractivity contribution is -0.139. The molecule has 0 radical (unpaired) electrons. The number of hydrogen-bond donors (Lipinski definition) is 6. The molecular weight excluding hydrogens is 544 g/mol. The van der Waals surface area contributed by atoms with Crippen LogP contribution in [0.25, 0.3) is 5.69 Å². The van der Waals surface area contributed by atoms with Crippen molar-refractivity contribution in [3.05, 3.63) is 52.6 Å². The van der Waals surface area contributed by atoms with Crippen LogP contribution in [0.5, 0.6) is 0 Å². The second-order valence-corrected chi connectivity index (χ2v) is 11.0. The highest BCUT2D eigenvalue weighted by atomic mass is 16.3. The third-order valence-corrected chi connectivity index (χ3v) is 7.57. The number of amides is 4. The molecule has 15 heteroatoms. The molecule has 1 aromatic carbocycles. The fourth-order valence-electron chi connectivity index (χ4n) is 4.95. The van der Waals surface area contributed by atoms with Crippen molar-refractivity contribution in [2.24, 2.45) is 17.2 Å². The van der Waals surface area contributed by atoms with Gasteiger partial charge in [0.15, 0.2) is 0 Å². The lowest BCUT2D eigenvalue weighted by Gasteiger charge is -2.37. The summed E-state index contributed by atoms with van der Waals surface area (Å²) in [6.07, 6.45) is 2.18. The van der Waals surface area contributed by atoms with Gasteiger partial charge in [-0.2, -0.15) is 4.98 Å². The summed E-state index contributed by atoms with van der Waals surface area (Å²) in [5.74, 6) is -0.587. The zero-order chi connectivity index (χ0) is 30.4. The highest BCUT2D eigenvalue weighted by molar-refractivity contribution is 5.89. The Labute approximate surface area is 243 Å². The number of urea groups is 1. The zero-order valence-corrected chi connectivity index (χ0v) is 23.7. The maximum absolute atomic E-state index is 12.7. The van der Waals surface area contributed by atoms with Crippen LogP contribution in [-0.2, 0) is 16.1 Å². The Hall–Kier alpha value is -3.89. The number of aliphatic hydroxyl groups is 1. The van der Waals surface area contributed by atoms with E-state index in [4.69, 9.17) is 17.2 Å². The largest absolute Gasteiger partial charge is 0.394 e. The van der Waals surface area contributed by atoms with Crippen LogP contribution in [0, 0.1) is 0 Å². The van der Waals surface area contributed by atoms with Gasteiger partial charge in [0.05, 0.1) is 12.3 Å². The summed E-state index contributed by atoms with van der Waals surface area (Å²) < 4.78 is 1.39. The van der Waals surface area contributed by atoms with Crippen LogP contribution in [-0.4, -0.2) is 111 Å². The van der Waals surface area contributed by atoms with E-state index in [0.717, 1.165) is 38.0 Å². The first-order chi connectivity index (χ1) is 20.0.